The van der Waals surface area contributed by atoms with Crippen LogP contribution in [0.25, 0.3) is 0 Å². The first-order valence-electron chi connectivity index (χ1n) is 10.6. The van der Waals surface area contributed by atoms with Gasteiger partial charge in [0.15, 0.2) is 5.82 Å². The molecule has 1 aromatic rings. The predicted molar refractivity (Wildman–Crippen MR) is 109 cm³/mol. The monoisotopic (exact) mass is 389 g/mol. The quantitative estimate of drug-likeness (QED) is 0.724. The van der Waals surface area contributed by atoms with Gasteiger partial charge in [0, 0.05) is 39.2 Å². The van der Waals surface area contributed by atoms with Crippen molar-refractivity contribution >= 4 is 5.91 Å². The highest BCUT2D eigenvalue weighted by Gasteiger charge is 2.31. The largest absolute Gasteiger partial charge is 0.381 e. The maximum atomic E-state index is 12.7. The third-order valence-corrected chi connectivity index (χ3v) is 5.58. The van der Waals surface area contributed by atoms with Gasteiger partial charge in [0.05, 0.1) is 18.6 Å². The maximum Gasteiger partial charge on any atom is 0.226 e. The first-order chi connectivity index (χ1) is 13.5. The number of hydrogen-bond acceptors (Lipinski definition) is 5. The Bertz CT molecular complexity index is 676. The van der Waals surface area contributed by atoms with Crippen LogP contribution in [-0.2, 0) is 22.5 Å². The van der Waals surface area contributed by atoms with Crippen molar-refractivity contribution in [3.8, 4) is 0 Å². The van der Waals surface area contributed by atoms with Crippen LogP contribution >= 0.6 is 0 Å². The molecule has 0 bridgehead atoms. The molecule has 156 valence electrons. The van der Waals surface area contributed by atoms with E-state index in [9.17, 15) is 4.79 Å². The van der Waals surface area contributed by atoms with Crippen molar-refractivity contribution in [1.82, 2.24) is 25.0 Å². The van der Waals surface area contributed by atoms with Crippen molar-refractivity contribution in [2.75, 3.05) is 32.8 Å². The van der Waals surface area contributed by atoms with Crippen molar-refractivity contribution in [2.45, 2.75) is 53.1 Å². The number of nitrogens with zero attached hydrogens (tertiary/aromatic N) is 4. The molecular formula is C21H35N5O2. The summed E-state index contributed by atoms with van der Waals surface area (Å²) < 4.78 is 7.60. The number of allylic oxidation sites excluding steroid dienone is 1. The Balaban J connectivity index is 1.68. The maximum absolute atomic E-state index is 12.7. The van der Waals surface area contributed by atoms with E-state index in [-0.39, 0.29) is 23.8 Å². The second-order valence-electron chi connectivity index (χ2n) is 8.64. The highest BCUT2D eigenvalue weighted by molar-refractivity contribution is 5.79. The van der Waals surface area contributed by atoms with Gasteiger partial charge in [0.2, 0.25) is 5.91 Å². The molecule has 0 saturated carbocycles. The van der Waals surface area contributed by atoms with E-state index >= 15 is 0 Å². The number of carbonyl (C=O) groups excluding carboxylic acids is 1. The van der Waals surface area contributed by atoms with Crippen LogP contribution in [0.15, 0.2) is 12.2 Å². The molecule has 0 aliphatic carbocycles. The van der Waals surface area contributed by atoms with Gasteiger partial charge in [0.1, 0.15) is 5.82 Å². The van der Waals surface area contributed by atoms with Crippen LogP contribution in [0.3, 0.4) is 0 Å². The summed E-state index contributed by atoms with van der Waals surface area (Å²) >= 11 is 0. The van der Waals surface area contributed by atoms with Crippen LogP contribution in [0.5, 0.6) is 0 Å². The lowest BCUT2D eigenvalue weighted by Crippen LogP contribution is -2.38. The molecular weight excluding hydrogens is 354 g/mol. The Morgan fingerprint density at radius 1 is 1.25 bits per heavy atom. The number of aromatic nitrogens is 3. The van der Waals surface area contributed by atoms with E-state index in [1.165, 1.54) is 0 Å². The molecule has 3 rings (SSSR count). The predicted octanol–water partition coefficient (Wildman–Crippen LogP) is 2.20. The lowest BCUT2D eigenvalue weighted by Gasteiger charge is -2.24. The topological polar surface area (TPSA) is 72.3 Å². The number of hydrogen-bond donors (Lipinski definition) is 1. The first-order valence-corrected chi connectivity index (χ1v) is 10.6. The zero-order valence-electron chi connectivity index (χ0n) is 17.7. The van der Waals surface area contributed by atoms with Gasteiger partial charge in [-0.3, -0.25) is 9.69 Å². The molecule has 0 spiro atoms. The molecule has 7 nitrogen and oxygen atoms in total. The fourth-order valence-electron chi connectivity index (χ4n) is 3.83. The van der Waals surface area contributed by atoms with Gasteiger partial charge in [-0.1, -0.05) is 39.8 Å². The lowest BCUT2D eigenvalue weighted by molar-refractivity contribution is -0.126. The molecule has 28 heavy (non-hydrogen) atoms. The molecule has 2 aliphatic rings. The molecule has 1 fully saturated rings. The number of nitrogens with one attached hydrogen (secondary N) is 1. The fraction of sp³-hybridized carbons (Fsp3) is 0.762. The van der Waals surface area contributed by atoms with Gasteiger partial charge in [-0.25, -0.2) is 0 Å². The molecule has 2 aliphatic heterocycles. The number of carbonyl (C=O) groups is 1. The minimum absolute atomic E-state index is 0.0454. The third kappa shape index (κ3) is 5.20. The Morgan fingerprint density at radius 3 is 2.75 bits per heavy atom. The van der Waals surface area contributed by atoms with Crippen LogP contribution in [0.2, 0.25) is 0 Å². The van der Waals surface area contributed by atoms with Crippen molar-refractivity contribution < 1.29 is 9.53 Å². The molecule has 1 amide bonds. The van der Waals surface area contributed by atoms with Crippen LogP contribution in [0, 0.1) is 17.8 Å². The van der Waals surface area contributed by atoms with E-state index in [2.05, 4.69) is 64.8 Å². The molecule has 2 atom stereocenters. The summed E-state index contributed by atoms with van der Waals surface area (Å²) in [5, 5.41) is 12.2. The van der Waals surface area contributed by atoms with E-state index in [4.69, 9.17) is 4.74 Å². The van der Waals surface area contributed by atoms with E-state index in [1.54, 1.807) is 0 Å². The van der Waals surface area contributed by atoms with Crippen molar-refractivity contribution in [3.63, 3.8) is 0 Å². The summed E-state index contributed by atoms with van der Waals surface area (Å²) in [5.41, 5.74) is 0. The molecule has 1 N–H and O–H groups in total. The number of ether oxygens (including phenoxy) is 1. The second-order valence-corrected chi connectivity index (χ2v) is 8.64. The molecule has 1 aromatic heterocycles. The summed E-state index contributed by atoms with van der Waals surface area (Å²) in [6, 6.07) is -0.123. The second kappa shape index (κ2) is 9.65. The average molecular weight is 390 g/mol. The van der Waals surface area contributed by atoms with Crippen LogP contribution in [0.1, 0.15) is 51.8 Å². The van der Waals surface area contributed by atoms with E-state index < -0.39 is 0 Å². The average Bonchev–Trinajstić information content (AvgIpc) is 3.27. The van der Waals surface area contributed by atoms with Gasteiger partial charge in [-0.2, -0.15) is 0 Å². The SMILES string of the molecule is CC(C)/C=C/CN1CCc2nnc([C@H](NC(=O)[C@@H]3CCOC3)C(C)C)n2CC1. The Labute approximate surface area is 168 Å². The Hall–Kier alpha value is -1.73. The van der Waals surface area contributed by atoms with Gasteiger partial charge in [0.25, 0.3) is 0 Å². The van der Waals surface area contributed by atoms with E-state index in [0.29, 0.717) is 19.1 Å². The van der Waals surface area contributed by atoms with Crippen molar-refractivity contribution in [1.29, 1.82) is 0 Å². The smallest absolute Gasteiger partial charge is 0.226 e. The highest BCUT2D eigenvalue weighted by atomic mass is 16.5. The molecule has 7 heteroatoms. The summed E-state index contributed by atoms with van der Waals surface area (Å²) in [4.78, 5) is 15.1. The van der Waals surface area contributed by atoms with Crippen LogP contribution in [0.4, 0.5) is 0 Å². The first kappa shape index (κ1) is 21.0. The van der Waals surface area contributed by atoms with Crippen LogP contribution < -0.4 is 5.32 Å². The summed E-state index contributed by atoms with van der Waals surface area (Å²) in [7, 11) is 0. The fourth-order valence-corrected chi connectivity index (χ4v) is 3.83. The molecule has 0 aromatic carbocycles. The summed E-state index contributed by atoms with van der Waals surface area (Å²) in [5.74, 6) is 2.76. The third-order valence-electron chi connectivity index (χ3n) is 5.58. The zero-order valence-corrected chi connectivity index (χ0v) is 17.7. The summed E-state index contributed by atoms with van der Waals surface area (Å²) in [6.45, 7) is 13.6. The van der Waals surface area contributed by atoms with Crippen molar-refractivity contribution in [2.24, 2.45) is 17.8 Å². The van der Waals surface area contributed by atoms with Gasteiger partial charge in [-0.15, -0.1) is 10.2 Å². The summed E-state index contributed by atoms with van der Waals surface area (Å²) in [6.07, 6.45) is 6.21. The number of rotatable bonds is 7. The molecule has 0 radical (unpaired) electrons. The zero-order chi connectivity index (χ0) is 20.1. The molecule has 0 unspecified atom stereocenters. The minimum Gasteiger partial charge on any atom is -0.381 e. The standard InChI is InChI=1S/C21H35N5O2/c1-15(2)6-5-9-25-10-7-18-23-24-20(26(18)12-11-25)19(16(3)4)22-21(27)17-8-13-28-14-17/h5-6,15-17,19H,7-14H2,1-4H3,(H,22,27)/b6-5+/t17-,19-/m1/s1. The normalized spacial score (nSPS) is 22.0. The van der Waals surface area contributed by atoms with Gasteiger partial charge < -0.3 is 14.6 Å². The van der Waals surface area contributed by atoms with Crippen LogP contribution in [-0.4, -0.2) is 58.4 Å². The molecule has 1 saturated heterocycles. The minimum atomic E-state index is -0.123. The number of fused-ring (bicyclic) bond motifs is 1. The Morgan fingerprint density at radius 2 is 2.07 bits per heavy atom. The van der Waals surface area contributed by atoms with E-state index in [0.717, 1.165) is 50.7 Å². The van der Waals surface area contributed by atoms with Crippen molar-refractivity contribution in [3.05, 3.63) is 23.8 Å². The Kier molecular flexibility index (Phi) is 7.24. The number of amides is 1. The van der Waals surface area contributed by atoms with Gasteiger partial charge in [-0.05, 0) is 18.3 Å². The van der Waals surface area contributed by atoms with Gasteiger partial charge >= 0.3 is 0 Å². The lowest BCUT2D eigenvalue weighted by atomic mass is 10.0. The highest BCUT2D eigenvalue weighted by Crippen LogP contribution is 2.24. The van der Waals surface area contributed by atoms with E-state index in [1.807, 2.05) is 0 Å². The molecule has 3 heterocycles.